The lowest BCUT2D eigenvalue weighted by atomic mass is 9.82. The van der Waals surface area contributed by atoms with E-state index in [0.717, 1.165) is 15.6 Å². The van der Waals surface area contributed by atoms with Crippen LogP contribution in [0.15, 0.2) is 22.7 Å². The van der Waals surface area contributed by atoms with Gasteiger partial charge < -0.3 is 9.47 Å². The second-order valence-electron chi connectivity index (χ2n) is 9.24. The van der Waals surface area contributed by atoms with Gasteiger partial charge in [-0.3, -0.25) is 14.4 Å². The van der Waals surface area contributed by atoms with Crippen molar-refractivity contribution in [3.8, 4) is 0 Å². The fraction of sp³-hybridized carbons (Fsp3) is 0.609. The average Bonchev–Trinajstić information content (AvgIpc) is 2.50. The van der Waals surface area contributed by atoms with E-state index in [4.69, 9.17) is 9.47 Å². The second kappa shape index (κ2) is 10.4. The Morgan fingerprint density at radius 1 is 0.966 bits per heavy atom. The van der Waals surface area contributed by atoms with Crippen molar-refractivity contribution < 1.29 is 23.9 Å². The molecule has 0 saturated heterocycles. The number of ether oxygens (including phenoxy) is 2. The molecule has 0 saturated carbocycles. The van der Waals surface area contributed by atoms with E-state index in [0.29, 0.717) is 0 Å². The third-order valence-corrected chi connectivity index (χ3v) is 4.67. The third-order valence-electron chi connectivity index (χ3n) is 4.21. The summed E-state index contributed by atoms with van der Waals surface area (Å²) < 4.78 is 11.2. The van der Waals surface area contributed by atoms with Crippen LogP contribution in [0.4, 0.5) is 0 Å². The number of carbonyl (C=O) groups excluding carboxylic acids is 3. The molecule has 0 aromatic heterocycles. The number of halogens is 1. The molecular weight excluding hydrogens is 436 g/mol. The van der Waals surface area contributed by atoms with Crippen molar-refractivity contribution in [1.29, 1.82) is 0 Å². The van der Waals surface area contributed by atoms with Gasteiger partial charge in [-0.25, -0.2) is 0 Å². The average molecular weight is 469 g/mol. The van der Waals surface area contributed by atoms with Crippen molar-refractivity contribution in [2.75, 3.05) is 6.61 Å². The van der Waals surface area contributed by atoms with E-state index in [1.54, 1.807) is 27.7 Å². The summed E-state index contributed by atoms with van der Waals surface area (Å²) in [6.45, 7) is 13.6. The second-order valence-corrected chi connectivity index (χ2v) is 10.2. The quantitative estimate of drug-likeness (QED) is 0.373. The van der Waals surface area contributed by atoms with Gasteiger partial charge in [0.15, 0.2) is 0 Å². The molecule has 0 aliphatic heterocycles. The summed E-state index contributed by atoms with van der Waals surface area (Å²) in [7, 11) is 0. The number of rotatable bonds is 8. The van der Waals surface area contributed by atoms with Gasteiger partial charge in [0.1, 0.15) is 17.8 Å². The molecule has 0 amide bonds. The largest absolute Gasteiger partial charge is 0.466 e. The molecule has 0 fully saturated rings. The summed E-state index contributed by atoms with van der Waals surface area (Å²) in [6.07, 6.45) is -0.164. The van der Waals surface area contributed by atoms with Gasteiger partial charge in [0.05, 0.1) is 13.0 Å². The molecular formula is C23H33BrO5. The Balaban J connectivity index is 3.09. The number of esters is 2. The first-order valence-corrected chi connectivity index (χ1v) is 10.7. The van der Waals surface area contributed by atoms with Crippen LogP contribution < -0.4 is 0 Å². The highest BCUT2D eigenvalue weighted by Crippen LogP contribution is 2.33. The lowest BCUT2D eigenvalue weighted by molar-refractivity contribution is -0.156. The number of carbonyl (C=O) groups is 3. The van der Waals surface area contributed by atoms with E-state index in [2.05, 4.69) is 36.7 Å². The molecule has 0 N–H and O–H groups in total. The fourth-order valence-corrected chi connectivity index (χ4v) is 3.41. The van der Waals surface area contributed by atoms with Gasteiger partial charge in [-0.1, -0.05) is 42.8 Å². The lowest BCUT2D eigenvalue weighted by Crippen LogP contribution is -2.26. The standard InChI is InChI=1S/C23H33BrO5/c1-8-28-20(26)12-16(11-19(25)14-21(27)29-23(5,6)7)15-9-17(22(2,3)4)13-18(24)10-15/h9-10,13,16H,8,11-12,14H2,1-7H3/t16-/m0/s1. The van der Waals surface area contributed by atoms with Crippen LogP contribution in [-0.2, 0) is 29.3 Å². The summed E-state index contributed by atoms with van der Waals surface area (Å²) in [5, 5.41) is 0. The van der Waals surface area contributed by atoms with E-state index in [-0.39, 0.29) is 49.0 Å². The van der Waals surface area contributed by atoms with E-state index < -0.39 is 11.6 Å². The van der Waals surface area contributed by atoms with Crippen LogP contribution in [0.3, 0.4) is 0 Å². The number of benzene rings is 1. The highest BCUT2D eigenvalue weighted by molar-refractivity contribution is 9.10. The van der Waals surface area contributed by atoms with Gasteiger partial charge in [-0.2, -0.15) is 0 Å². The summed E-state index contributed by atoms with van der Waals surface area (Å²) >= 11 is 3.54. The maximum absolute atomic E-state index is 12.6. The summed E-state index contributed by atoms with van der Waals surface area (Å²) in [5.74, 6) is -1.55. The maximum Gasteiger partial charge on any atom is 0.313 e. The van der Waals surface area contributed by atoms with Gasteiger partial charge in [0, 0.05) is 16.8 Å². The van der Waals surface area contributed by atoms with E-state index in [9.17, 15) is 14.4 Å². The Hall–Kier alpha value is -1.69. The van der Waals surface area contributed by atoms with Gasteiger partial charge in [-0.15, -0.1) is 0 Å². The molecule has 29 heavy (non-hydrogen) atoms. The van der Waals surface area contributed by atoms with Crippen LogP contribution in [0.1, 0.15) is 84.8 Å². The summed E-state index contributed by atoms with van der Waals surface area (Å²) in [4.78, 5) is 36.7. The number of ketones is 1. The molecule has 0 aliphatic rings. The minimum absolute atomic E-state index is 0.0676. The molecule has 0 spiro atoms. The molecule has 0 heterocycles. The zero-order valence-electron chi connectivity index (χ0n) is 18.6. The van der Waals surface area contributed by atoms with Crippen molar-refractivity contribution in [2.24, 2.45) is 0 Å². The van der Waals surface area contributed by atoms with E-state index in [1.165, 1.54) is 0 Å². The van der Waals surface area contributed by atoms with Crippen LogP contribution in [0.25, 0.3) is 0 Å². The maximum atomic E-state index is 12.6. The minimum atomic E-state index is -0.645. The predicted molar refractivity (Wildman–Crippen MR) is 117 cm³/mol. The molecule has 0 radical (unpaired) electrons. The Morgan fingerprint density at radius 2 is 1.59 bits per heavy atom. The summed E-state index contributed by atoms with van der Waals surface area (Å²) in [5.41, 5.74) is 1.23. The molecule has 6 heteroatoms. The predicted octanol–water partition coefficient (Wildman–Crippen LogP) is 5.47. The van der Waals surface area contributed by atoms with E-state index in [1.807, 2.05) is 18.2 Å². The molecule has 1 atom stereocenters. The molecule has 1 aromatic rings. The molecule has 5 nitrogen and oxygen atoms in total. The lowest BCUT2D eigenvalue weighted by Gasteiger charge is -2.23. The van der Waals surface area contributed by atoms with Crippen LogP contribution in [0, 0.1) is 0 Å². The topological polar surface area (TPSA) is 69.7 Å². The zero-order valence-corrected chi connectivity index (χ0v) is 20.1. The number of hydrogen-bond acceptors (Lipinski definition) is 5. The Labute approximate surface area is 182 Å². The van der Waals surface area contributed by atoms with Crippen LogP contribution in [-0.4, -0.2) is 29.9 Å². The molecule has 162 valence electrons. The fourth-order valence-electron chi connectivity index (χ4n) is 2.90. The number of hydrogen-bond donors (Lipinski definition) is 0. The monoisotopic (exact) mass is 468 g/mol. The SMILES string of the molecule is CCOC(=O)C[C@H](CC(=O)CC(=O)OC(C)(C)C)c1cc(Br)cc(C(C)(C)C)c1. The van der Waals surface area contributed by atoms with Gasteiger partial charge in [0.25, 0.3) is 0 Å². The van der Waals surface area contributed by atoms with Gasteiger partial charge in [0.2, 0.25) is 0 Å². The van der Waals surface area contributed by atoms with E-state index >= 15 is 0 Å². The Morgan fingerprint density at radius 3 is 2.10 bits per heavy atom. The molecule has 1 rings (SSSR count). The van der Waals surface area contributed by atoms with Crippen molar-refractivity contribution in [3.05, 3.63) is 33.8 Å². The third kappa shape index (κ3) is 9.57. The zero-order chi connectivity index (χ0) is 22.4. The van der Waals surface area contributed by atoms with Crippen molar-refractivity contribution >= 4 is 33.7 Å². The Bertz CT molecular complexity index is 741. The van der Waals surface area contributed by atoms with Crippen molar-refractivity contribution in [3.63, 3.8) is 0 Å². The first kappa shape index (κ1) is 25.3. The first-order chi connectivity index (χ1) is 13.2. The molecule has 0 bridgehead atoms. The van der Waals surface area contributed by atoms with Gasteiger partial charge in [-0.05, 0) is 56.4 Å². The van der Waals surface area contributed by atoms with Crippen molar-refractivity contribution in [2.45, 2.75) is 84.7 Å². The highest BCUT2D eigenvalue weighted by atomic mass is 79.9. The highest BCUT2D eigenvalue weighted by Gasteiger charge is 2.25. The summed E-state index contributed by atoms with van der Waals surface area (Å²) in [6, 6.07) is 5.97. The number of Topliss-reactive ketones (excluding diaryl/α,β-unsaturated/α-hetero) is 1. The molecule has 0 aliphatic carbocycles. The minimum Gasteiger partial charge on any atom is -0.466 e. The smallest absolute Gasteiger partial charge is 0.313 e. The van der Waals surface area contributed by atoms with Crippen LogP contribution in [0.2, 0.25) is 0 Å². The molecule has 0 unspecified atom stereocenters. The van der Waals surface area contributed by atoms with Crippen LogP contribution in [0.5, 0.6) is 0 Å². The van der Waals surface area contributed by atoms with Crippen molar-refractivity contribution in [1.82, 2.24) is 0 Å². The van der Waals surface area contributed by atoms with Crippen LogP contribution >= 0.6 is 15.9 Å². The molecule has 1 aromatic carbocycles. The first-order valence-electron chi connectivity index (χ1n) is 9.91. The Kier molecular flexibility index (Phi) is 9.07. The van der Waals surface area contributed by atoms with Gasteiger partial charge >= 0.3 is 11.9 Å². The normalized spacial score (nSPS) is 13.0.